The van der Waals surface area contributed by atoms with Gasteiger partial charge in [-0.15, -0.1) is 0 Å². The minimum atomic E-state index is -0.795. The van der Waals surface area contributed by atoms with Crippen LogP contribution < -0.4 is 14.8 Å². The van der Waals surface area contributed by atoms with Gasteiger partial charge >= 0.3 is 12.1 Å². The van der Waals surface area contributed by atoms with E-state index in [1.807, 2.05) is 0 Å². The van der Waals surface area contributed by atoms with Crippen LogP contribution in [0.4, 0.5) is 10.5 Å². The van der Waals surface area contributed by atoms with Crippen LogP contribution in [0.15, 0.2) is 60.2 Å². The Hall–Kier alpha value is -3.56. The summed E-state index contributed by atoms with van der Waals surface area (Å²) in [6, 6.07) is 13.8. The zero-order valence-corrected chi connectivity index (χ0v) is 20.5. The van der Waals surface area contributed by atoms with Crippen LogP contribution in [0.5, 0.6) is 11.5 Å². The van der Waals surface area contributed by atoms with Gasteiger partial charge in [0, 0.05) is 18.4 Å². The highest BCUT2D eigenvalue weighted by Crippen LogP contribution is 2.29. The maximum absolute atomic E-state index is 12.7. The van der Waals surface area contributed by atoms with Crippen LogP contribution in [0.3, 0.4) is 0 Å². The van der Waals surface area contributed by atoms with Crippen molar-refractivity contribution in [2.24, 2.45) is 0 Å². The van der Waals surface area contributed by atoms with Crippen molar-refractivity contribution in [2.75, 3.05) is 39.4 Å². The summed E-state index contributed by atoms with van der Waals surface area (Å²) in [5, 5.41) is 11.6. The smallest absolute Gasteiger partial charge is 0.412 e. The lowest BCUT2D eigenvalue weighted by molar-refractivity contribution is -0.138. The Bertz CT molecular complexity index is 956. The number of carbonyl (C=O) groups is 2. The van der Waals surface area contributed by atoms with Gasteiger partial charge in [0.15, 0.2) is 6.10 Å². The van der Waals surface area contributed by atoms with E-state index in [4.69, 9.17) is 28.8 Å². The lowest BCUT2D eigenvalue weighted by atomic mass is 10.0. The number of nitrogens with one attached hydrogen (secondary N) is 1. The molecule has 0 spiro atoms. The van der Waals surface area contributed by atoms with Crippen LogP contribution in [0.2, 0.25) is 0 Å². The molecule has 35 heavy (non-hydrogen) atoms. The Morgan fingerprint density at radius 1 is 1.03 bits per heavy atom. The van der Waals surface area contributed by atoms with Crippen molar-refractivity contribution in [3.8, 4) is 11.5 Å². The highest BCUT2D eigenvalue weighted by atomic mass is 16.6. The molecule has 9 nitrogen and oxygen atoms in total. The number of hydrogen-bond donors (Lipinski definition) is 2. The quantitative estimate of drug-likeness (QED) is 0.318. The number of rotatable bonds is 13. The molecule has 0 aliphatic heterocycles. The Morgan fingerprint density at radius 3 is 2.26 bits per heavy atom. The molecule has 2 aromatic rings. The second-order valence-electron chi connectivity index (χ2n) is 7.44. The van der Waals surface area contributed by atoms with Crippen molar-refractivity contribution in [3.63, 3.8) is 0 Å². The first-order chi connectivity index (χ1) is 16.9. The van der Waals surface area contributed by atoms with Gasteiger partial charge in [-0.25, -0.2) is 9.59 Å². The van der Waals surface area contributed by atoms with Crippen molar-refractivity contribution in [2.45, 2.75) is 32.5 Å². The fourth-order valence-corrected chi connectivity index (χ4v) is 3.18. The molecule has 0 fully saturated rings. The average Bonchev–Trinajstić information content (AvgIpc) is 2.87. The van der Waals surface area contributed by atoms with E-state index in [0.29, 0.717) is 34.7 Å². The van der Waals surface area contributed by atoms with Crippen LogP contribution in [0.1, 0.15) is 31.9 Å². The Labute approximate surface area is 205 Å². The number of carbonyl (C=O) groups excluding carboxylic acids is 2. The van der Waals surface area contributed by atoms with Crippen molar-refractivity contribution in [3.05, 3.63) is 65.7 Å². The van der Waals surface area contributed by atoms with Gasteiger partial charge in [-0.1, -0.05) is 18.2 Å². The monoisotopic (exact) mass is 487 g/mol. The van der Waals surface area contributed by atoms with Gasteiger partial charge < -0.3 is 28.8 Å². The third-order valence-electron chi connectivity index (χ3n) is 5.03. The zero-order valence-electron chi connectivity index (χ0n) is 20.5. The summed E-state index contributed by atoms with van der Waals surface area (Å²) >= 11 is 0. The number of hydrogen-bond acceptors (Lipinski definition) is 8. The molecular weight excluding hydrogens is 454 g/mol. The minimum absolute atomic E-state index is 0.100. The molecule has 0 unspecified atom stereocenters. The predicted molar refractivity (Wildman–Crippen MR) is 131 cm³/mol. The van der Waals surface area contributed by atoms with E-state index in [0.717, 1.165) is 0 Å². The molecule has 190 valence electrons. The fraction of sp³-hybridized carbons (Fsp3) is 0.385. The number of anilines is 1. The molecule has 0 heterocycles. The van der Waals surface area contributed by atoms with Crippen molar-refractivity contribution < 1.29 is 38.4 Å². The third kappa shape index (κ3) is 8.95. The molecule has 2 rings (SSSR count). The summed E-state index contributed by atoms with van der Waals surface area (Å²) in [7, 11) is 3.07. The second kappa shape index (κ2) is 14.6. The zero-order chi connectivity index (χ0) is 25.6. The number of amides is 1. The molecule has 2 atom stereocenters. The molecular formula is C26H33NO8. The molecule has 0 saturated carbocycles. The van der Waals surface area contributed by atoms with E-state index in [1.165, 1.54) is 7.11 Å². The average molecular weight is 488 g/mol. The first-order valence-corrected chi connectivity index (χ1v) is 11.2. The van der Waals surface area contributed by atoms with E-state index < -0.39 is 24.3 Å². The molecule has 0 aromatic heterocycles. The van der Waals surface area contributed by atoms with Crippen LogP contribution in [-0.2, 0) is 19.0 Å². The van der Waals surface area contributed by atoms with E-state index in [1.54, 1.807) is 75.6 Å². The molecule has 0 aliphatic rings. The first-order valence-electron chi connectivity index (χ1n) is 11.2. The normalized spacial score (nSPS) is 12.9. The standard InChI is InChI=1S/C26H33NO8/c1-5-33-25(29)18(2)6-15-23(32-4)24(19-7-11-22(12-8-19)34-17-16-28)35-26(30)27-20-9-13-21(31-3)14-10-20/h6-14,23-24,28H,5,15-17H2,1-4H3,(H,27,30)/b18-6+/t23-,24-/m0/s1. The highest BCUT2D eigenvalue weighted by molar-refractivity contribution is 5.87. The maximum Gasteiger partial charge on any atom is 0.412 e. The predicted octanol–water partition coefficient (Wildman–Crippen LogP) is 4.27. The third-order valence-corrected chi connectivity index (χ3v) is 5.03. The van der Waals surface area contributed by atoms with Gasteiger partial charge in [0.25, 0.3) is 0 Å². The van der Waals surface area contributed by atoms with Crippen LogP contribution in [0, 0.1) is 0 Å². The molecule has 0 aliphatic carbocycles. The largest absolute Gasteiger partial charge is 0.497 e. The van der Waals surface area contributed by atoms with Gasteiger partial charge in [0.2, 0.25) is 0 Å². The number of ether oxygens (including phenoxy) is 5. The number of esters is 1. The number of methoxy groups -OCH3 is 2. The van der Waals surface area contributed by atoms with E-state index >= 15 is 0 Å². The van der Waals surface area contributed by atoms with Gasteiger partial charge in [-0.2, -0.15) is 0 Å². The molecule has 1 amide bonds. The first kappa shape index (κ1) is 27.7. The summed E-state index contributed by atoms with van der Waals surface area (Å²) in [6.45, 7) is 3.74. The molecule has 2 N–H and O–H groups in total. The number of aliphatic hydroxyl groups is 1. The van der Waals surface area contributed by atoms with Crippen LogP contribution >= 0.6 is 0 Å². The van der Waals surface area contributed by atoms with Gasteiger partial charge in [0.1, 0.15) is 24.2 Å². The van der Waals surface area contributed by atoms with Crippen LogP contribution in [0.25, 0.3) is 0 Å². The van der Waals surface area contributed by atoms with E-state index in [2.05, 4.69) is 5.32 Å². The molecule has 0 saturated heterocycles. The molecule has 0 bridgehead atoms. The second-order valence-corrected chi connectivity index (χ2v) is 7.44. The number of benzene rings is 2. The van der Waals surface area contributed by atoms with E-state index in [9.17, 15) is 9.59 Å². The SMILES string of the molecule is CCOC(=O)/C(C)=C/C[C@H](OC)[C@@H](OC(=O)Nc1ccc(OC)cc1)c1ccc(OCCO)cc1. The van der Waals surface area contributed by atoms with E-state index in [-0.39, 0.29) is 19.8 Å². The van der Waals surface area contributed by atoms with Gasteiger partial charge in [-0.3, -0.25) is 5.32 Å². The maximum atomic E-state index is 12.7. The summed E-state index contributed by atoms with van der Waals surface area (Å²) in [6.07, 6.45) is -0.0666. The summed E-state index contributed by atoms with van der Waals surface area (Å²) in [5.74, 6) is 0.812. The number of aliphatic hydroxyl groups excluding tert-OH is 1. The van der Waals surface area contributed by atoms with Crippen molar-refractivity contribution >= 4 is 17.7 Å². The van der Waals surface area contributed by atoms with Crippen molar-refractivity contribution in [1.82, 2.24) is 0 Å². The topological polar surface area (TPSA) is 113 Å². The summed E-state index contributed by atoms with van der Waals surface area (Å²) in [5.41, 5.74) is 1.64. The molecule has 2 aromatic carbocycles. The minimum Gasteiger partial charge on any atom is -0.497 e. The Morgan fingerprint density at radius 2 is 1.69 bits per heavy atom. The highest BCUT2D eigenvalue weighted by Gasteiger charge is 2.27. The molecule has 9 heteroatoms. The van der Waals surface area contributed by atoms with Crippen LogP contribution in [-0.4, -0.2) is 57.3 Å². The summed E-state index contributed by atoms with van der Waals surface area (Å²) < 4.78 is 27.0. The summed E-state index contributed by atoms with van der Waals surface area (Å²) in [4.78, 5) is 24.7. The lowest BCUT2D eigenvalue weighted by Crippen LogP contribution is -2.28. The Kier molecular flexibility index (Phi) is 11.6. The fourth-order valence-electron chi connectivity index (χ4n) is 3.18. The molecule has 0 radical (unpaired) electrons. The van der Waals surface area contributed by atoms with Crippen molar-refractivity contribution in [1.29, 1.82) is 0 Å². The van der Waals surface area contributed by atoms with Gasteiger partial charge in [0.05, 0.1) is 20.3 Å². The Balaban J connectivity index is 2.23. The lowest BCUT2D eigenvalue weighted by Gasteiger charge is -2.26. The van der Waals surface area contributed by atoms with Gasteiger partial charge in [-0.05, 0) is 62.2 Å².